The summed E-state index contributed by atoms with van der Waals surface area (Å²) in [6, 6.07) is 1.66. The topological polar surface area (TPSA) is 52.6 Å². The van der Waals surface area contributed by atoms with Crippen molar-refractivity contribution >= 4 is 5.97 Å². The van der Waals surface area contributed by atoms with E-state index in [0.29, 0.717) is 18.1 Å². The monoisotopic (exact) mass is 296 g/mol. The van der Waals surface area contributed by atoms with E-state index in [9.17, 15) is 4.79 Å². The second-order valence-corrected chi connectivity index (χ2v) is 7.07. The summed E-state index contributed by atoms with van der Waals surface area (Å²) in [4.78, 5) is 12.9. The Balaban J connectivity index is 1.59. The normalized spacial score (nSPS) is 27.8. The van der Waals surface area contributed by atoms with Crippen LogP contribution in [0.3, 0.4) is 0 Å². The second kappa shape index (κ2) is 8.14. The number of carboxylic acid groups (broad SMARTS) is 1. The van der Waals surface area contributed by atoms with E-state index in [2.05, 4.69) is 17.1 Å². The van der Waals surface area contributed by atoms with Crippen LogP contribution in [-0.2, 0) is 4.79 Å². The highest BCUT2D eigenvalue weighted by molar-refractivity contribution is 5.69. The maximum atomic E-state index is 10.8. The molecule has 1 atom stereocenters. The predicted octanol–water partition coefficient (Wildman–Crippen LogP) is 2.87. The molecule has 0 aromatic carbocycles. The van der Waals surface area contributed by atoms with Crippen LogP contribution >= 0.6 is 0 Å². The van der Waals surface area contributed by atoms with Crippen LogP contribution in [0.1, 0.15) is 65.2 Å². The van der Waals surface area contributed by atoms with Gasteiger partial charge in [0.05, 0.1) is 6.54 Å². The van der Waals surface area contributed by atoms with Crippen molar-refractivity contribution in [2.45, 2.75) is 83.3 Å². The summed E-state index contributed by atoms with van der Waals surface area (Å²) < 4.78 is 0. The SMILES string of the molecule is CCN(CC(=O)O)C1CC(NC(C)CCC2CCCC2)C1. The molecule has 0 aromatic rings. The highest BCUT2D eigenvalue weighted by atomic mass is 16.4. The number of hydrogen-bond donors (Lipinski definition) is 2. The molecule has 0 bridgehead atoms. The molecule has 0 spiro atoms. The summed E-state index contributed by atoms with van der Waals surface area (Å²) in [6.07, 6.45) is 10.6. The molecule has 2 saturated carbocycles. The Bertz CT molecular complexity index is 323. The van der Waals surface area contributed by atoms with Crippen molar-refractivity contribution in [3.05, 3.63) is 0 Å². The standard InChI is InChI=1S/C17H32N2O2/c1-3-19(12-17(20)21)16-10-15(11-16)18-13(2)8-9-14-6-4-5-7-14/h13-16,18H,3-12H2,1-2H3,(H,20,21). The molecular weight excluding hydrogens is 264 g/mol. The molecule has 0 saturated heterocycles. The summed E-state index contributed by atoms with van der Waals surface area (Å²) >= 11 is 0. The van der Waals surface area contributed by atoms with Gasteiger partial charge in [0.15, 0.2) is 0 Å². The molecule has 0 heterocycles. The third kappa shape index (κ3) is 5.26. The van der Waals surface area contributed by atoms with Crippen molar-refractivity contribution in [1.29, 1.82) is 0 Å². The zero-order chi connectivity index (χ0) is 15.2. The lowest BCUT2D eigenvalue weighted by Gasteiger charge is -2.43. The number of carboxylic acids is 1. The van der Waals surface area contributed by atoms with Crippen LogP contribution in [-0.4, -0.2) is 47.2 Å². The zero-order valence-corrected chi connectivity index (χ0v) is 13.7. The first kappa shape index (κ1) is 16.8. The minimum absolute atomic E-state index is 0.186. The first-order chi connectivity index (χ1) is 10.1. The minimum Gasteiger partial charge on any atom is -0.480 e. The summed E-state index contributed by atoms with van der Waals surface area (Å²) in [5.41, 5.74) is 0. The van der Waals surface area contributed by atoms with Gasteiger partial charge in [0.25, 0.3) is 0 Å². The van der Waals surface area contributed by atoms with E-state index in [1.807, 2.05) is 6.92 Å². The number of rotatable bonds is 9. The first-order valence-electron chi connectivity index (χ1n) is 8.80. The Morgan fingerprint density at radius 3 is 2.57 bits per heavy atom. The predicted molar refractivity (Wildman–Crippen MR) is 85.5 cm³/mol. The number of nitrogens with zero attached hydrogens (tertiary/aromatic N) is 1. The van der Waals surface area contributed by atoms with E-state index in [0.717, 1.165) is 25.3 Å². The fourth-order valence-electron chi connectivity index (χ4n) is 3.97. The fraction of sp³-hybridized carbons (Fsp3) is 0.941. The van der Waals surface area contributed by atoms with Crippen LogP contribution in [0.5, 0.6) is 0 Å². The van der Waals surface area contributed by atoms with Crippen molar-refractivity contribution in [3.63, 3.8) is 0 Å². The van der Waals surface area contributed by atoms with Crippen molar-refractivity contribution in [2.75, 3.05) is 13.1 Å². The zero-order valence-electron chi connectivity index (χ0n) is 13.7. The van der Waals surface area contributed by atoms with Crippen molar-refractivity contribution in [1.82, 2.24) is 10.2 Å². The van der Waals surface area contributed by atoms with Gasteiger partial charge in [-0.2, -0.15) is 0 Å². The third-order valence-electron chi connectivity index (χ3n) is 5.38. The lowest BCUT2D eigenvalue weighted by Crippen LogP contribution is -2.55. The van der Waals surface area contributed by atoms with E-state index in [-0.39, 0.29) is 6.54 Å². The molecule has 0 amide bonds. The molecule has 2 N–H and O–H groups in total. The van der Waals surface area contributed by atoms with Gasteiger partial charge in [0.1, 0.15) is 0 Å². The Morgan fingerprint density at radius 1 is 1.33 bits per heavy atom. The molecule has 0 radical (unpaired) electrons. The van der Waals surface area contributed by atoms with Gasteiger partial charge in [-0.3, -0.25) is 9.69 Å². The average molecular weight is 296 g/mol. The smallest absolute Gasteiger partial charge is 0.317 e. The van der Waals surface area contributed by atoms with Gasteiger partial charge in [-0.15, -0.1) is 0 Å². The quantitative estimate of drug-likeness (QED) is 0.687. The van der Waals surface area contributed by atoms with Crippen molar-refractivity contribution in [3.8, 4) is 0 Å². The number of likely N-dealkylation sites (N-methyl/N-ethyl adjacent to an activating group) is 1. The molecule has 0 aliphatic heterocycles. The fourth-order valence-corrected chi connectivity index (χ4v) is 3.97. The van der Waals surface area contributed by atoms with Gasteiger partial charge >= 0.3 is 5.97 Å². The highest BCUT2D eigenvalue weighted by Gasteiger charge is 2.34. The molecule has 0 aromatic heterocycles. The van der Waals surface area contributed by atoms with Gasteiger partial charge in [-0.25, -0.2) is 0 Å². The van der Waals surface area contributed by atoms with E-state index in [1.165, 1.54) is 38.5 Å². The Labute approximate surface area is 129 Å². The first-order valence-corrected chi connectivity index (χ1v) is 8.80. The Hall–Kier alpha value is -0.610. The largest absolute Gasteiger partial charge is 0.480 e. The van der Waals surface area contributed by atoms with Crippen molar-refractivity contribution in [2.24, 2.45) is 5.92 Å². The van der Waals surface area contributed by atoms with E-state index >= 15 is 0 Å². The van der Waals surface area contributed by atoms with Gasteiger partial charge in [0.2, 0.25) is 0 Å². The number of aliphatic carboxylic acids is 1. The third-order valence-corrected chi connectivity index (χ3v) is 5.38. The van der Waals surface area contributed by atoms with Crippen LogP contribution in [0.25, 0.3) is 0 Å². The van der Waals surface area contributed by atoms with Crippen molar-refractivity contribution < 1.29 is 9.90 Å². The Morgan fingerprint density at radius 2 is 2.00 bits per heavy atom. The van der Waals surface area contributed by atoms with E-state index < -0.39 is 5.97 Å². The molecule has 4 heteroatoms. The maximum Gasteiger partial charge on any atom is 0.317 e. The molecule has 21 heavy (non-hydrogen) atoms. The van der Waals surface area contributed by atoms with Gasteiger partial charge in [0, 0.05) is 18.1 Å². The van der Waals surface area contributed by atoms with Gasteiger partial charge in [-0.05, 0) is 45.1 Å². The molecular formula is C17H32N2O2. The van der Waals surface area contributed by atoms with Crippen LogP contribution in [0, 0.1) is 5.92 Å². The minimum atomic E-state index is -0.710. The number of nitrogens with one attached hydrogen (secondary N) is 1. The Kier molecular flexibility index (Phi) is 6.49. The van der Waals surface area contributed by atoms with Crippen LogP contribution in [0.15, 0.2) is 0 Å². The molecule has 2 rings (SSSR count). The van der Waals surface area contributed by atoms with E-state index in [1.54, 1.807) is 0 Å². The van der Waals surface area contributed by atoms with Gasteiger partial charge in [-0.1, -0.05) is 32.6 Å². The van der Waals surface area contributed by atoms with Crippen LogP contribution in [0.4, 0.5) is 0 Å². The van der Waals surface area contributed by atoms with Crippen LogP contribution < -0.4 is 5.32 Å². The van der Waals surface area contributed by atoms with E-state index in [4.69, 9.17) is 5.11 Å². The molecule has 122 valence electrons. The summed E-state index contributed by atoms with van der Waals surface area (Å²) in [5.74, 6) is 0.271. The summed E-state index contributed by atoms with van der Waals surface area (Å²) in [7, 11) is 0. The summed E-state index contributed by atoms with van der Waals surface area (Å²) in [6.45, 7) is 5.37. The highest BCUT2D eigenvalue weighted by Crippen LogP contribution is 2.30. The van der Waals surface area contributed by atoms with Gasteiger partial charge < -0.3 is 10.4 Å². The molecule has 2 fully saturated rings. The lowest BCUT2D eigenvalue weighted by atomic mass is 9.84. The molecule has 2 aliphatic carbocycles. The maximum absolute atomic E-state index is 10.8. The molecule has 2 aliphatic rings. The summed E-state index contributed by atoms with van der Waals surface area (Å²) in [5, 5.41) is 12.6. The number of hydrogen-bond acceptors (Lipinski definition) is 3. The second-order valence-electron chi connectivity index (χ2n) is 7.07. The van der Waals surface area contributed by atoms with Crippen LogP contribution in [0.2, 0.25) is 0 Å². The number of carbonyl (C=O) groups is 1. The molecule has 4 nitrogen and oxygen atoms in total. The molecule has 1 unspecified atom stereocenters. The average Bonchev–Trinajstić information content (AvgIpc) is 2.90. The lowest BCUT2D eigenvalue weighted by molar-refractivity contribution is -0.139.